The van der Waals surface area contributed by atoms with Crippen LogP contribution in [0.15, 0.2) is 69.5 Å². The topological polar surface area (TPSA) is 70.8 Å². The molecule has 1 aromatic heterocycles. The van der Waals surface area contributed by atoms with E-state index in [0.717, 1.165) is 76.4 Å². The van der Waals surface area contributed by atoms with Crippen molar-refractivity contribution in [2.24, 2.45) is 7.05 Å². The minimum absolute atomic E-state index is 0.145. The molecule has 0 amide bonds. The molecule has 3 aliphatic rings. The molecule has 5 rings (SSSR count). The Kier molecular flexibility index (Phi) is 14.2. The van der Waals surface area contributed by atoms with E-state index in [1.54, 1.807) is 32.5 Å². The second kappa shape index (κ2) is 17.8. The second-order valence-electron chi connectivity index (χ2n) is 15.4. The summed E-state index contributed by atoms with van der Waals surface area (Å²) < 4.78 is 7.48. The molecule has 1 aliphatic carbocycles. The van der Waals surface area contributed by atoms with E-state index in [2.05, 4.69) is 61.7 Å². The van der Waals surface area contributed by atoms with Gasteiger partial charge in [-0.3, -0.25) is 14.4 Å². The summed E-state index contributed by atoms with van der Waals surface area (Å²) in [7, 11) is 4.30. The third-order valence-corrected chi connectivity index (χ3v) is 11.1. The molecule has 2 saturated heterocycles. The maximum absolute atomic E-state index is 12.8. The molecular weight excluding hydrogens is 676 g/mol. The number of hydrogen-bond acceptors (Lipinski definition) is 7. The highest BCUT2D eigenvalue weighted by Crippen LogP contribution is 2.46. The Hall–Kier alpha value is -2.88. The van der Waals surface area contributed by atoms with Crippen LogP contribution in [0.4, 0.5) is 0 Å². The Morgan fingerprint density at radius 1 is 1.06 bits per heavy atom. The van der Waals surface area contributed by atoms with E-state index < -0.39 is 5.60 Å². The first kappa shape index (κ1) is 40.9. The zero-order valence-electron chi connectivity index (χ0n) is 32.4. The van der Waals surface area contributed by atoms with Crippen LogP contribution in [0.25, 0.3) is 11.6 Å². The summed E-state index contributed by atoms with van der Waals surface area (Å²) >= 11 is 7.98. The Morgan fingerprint density at radius 3 is 2.20 bits per heavy atom. The number of thioether (sulfide) groups is 1. The first-order chi connectivity index (χ1) is 24.0. The number of rotatable bonds is 11. The van der Waals surface area contributed by atoms with Crippen molar-refractivity contribution in [1.29, 1.82) is 0 Å². The first-order valence-corrected chi connectivity index (χ1v) is 19.4. The number of esters is 1. The van der Waals surface area contributed by atoms with Gasteiger partial charge in [-0.2, -0.15) is 5.10 Å². The van der Waals surface area contributed by atoms with Crippen LogP contribution < -0.4 is 0 Å². The highest BCUT2D eigenvalue weighted by molar-refractivity contribution is 8.07. The van der Waals surface area contributed by atoms with Crippen LogP contribution in [-0.4, -0.2) is 82.1 Å². The number of carbonyl (C=O) groups is 1. The van der Waals surface area contributed by atoms with Crippen molar-refractivity contribution in [3.05, 3.63) is 97.1 Å². The number of likely N-dealkylation sites (N-methyl/N-ethyl adjacent to an activating group) is 1. The van der Waals surface area contributed by atoms with Gasteiger partial charge in [-0.05, 0) is 135 Å². The molecule has 7 nitrogen and oxygen atoms in total. The van der Waals surface area contributed by atoms with Gasteiger partial charge >= 0.3 is 5.97 Å². The molecule has 3 heterocycles. The SMILES string of the molecule is C=C(SC(=C(C)C)/C(=C(/CC(=O)OCC)C(=C)C)c1ccc(Cl)cc1)C1=Cc2c(C3CCN(C4CN(C)C4)CC3)nn(C)c2CC1.CC(C)(C)O. The molecule has 0 unspecified atom stereocenters. The third-order valence-electron chi connectivity index (χ3n) is 9.50. The van der Waals surface area contributed by atoms with Gasteiger partial charge in [-0.1, -0.05) is 59.8 Å². The Balaban J connectivity index is 0.00000109. The standard InChI is InChI=1S/C38H49ClN4O2S.C4H10O/c1-9-45-35(44)21-32(24(2)3)36(27-10-13-30(39)14-11-27)38(25(4)5)46-26(6)29-12-15-34-33(20-29)37(40-42(34)8)28-16-18-43(19-17-28)31-22-41(7)23-31;1-4(2,3)5/h10-11,13-14,20,28,31H,2,6,9,12,15-19,21-23H2,1,3-5,7-8H3;5H,1-3H3/b36-32-;. The molecule has 2 fully saturated rings. The lowest BCUT2D eigenvalue weighted by atomic mass is 9.86. The molecule has 278 valence electrons. The minimum Gasteiger partial charge on any atom is -0.466 e. The molecule has 2 aliphatic heterocycles. The summed E-state index contributed by atoms with van der Waals surface area (Å²) in [5.74, 6) is 0.218. The summed E-state index contributed by atoms with van der Waals surface area (Å²) in [5.41, 5.74) is 9.42. The number of likely N-dealkylation sites (tertiary alicyclic amines) is 2. The largest absolute Gasteiger partial charge is 0.466 e. The van der Waals surface area contributed by atoms with Crippen molar-refractivity contribution in [3.63, 3.8) is 0 Å². The van der Waals surface area contributed by atoms with Gasteiger partial charge < -0.3 is 14.7 Å². The van der Waals surface area contributed by atoms with Gasteiger partial charge in [0.25, 0.3) is 0 Å². The van der Waals surface area contributed by atoms with Gasteiger partial charge in [0, 0.05) is 58.2 Å². The maximum atomic E-state index is 12.8. The van der Waals surface area contributed by atoms with Gasteiger partial charge in [0.05, 0.1) is 24.3 Å². The van der Waals surface area contributed by atoms with Gasteiger partial charge in [0.2, 0.25) is 0 Å². The first-order valence-electron chi connectivity index (χ1n) is 18.2. The van der Waals surface area contributed by atoms with Gasteiger partial charge in [-0.25, -0.2) is 0 Å². The van der Waals surface area contributed by atoms with Crippen molar-refractivity contribution < 1.29 is 14.6 Å². The lowest BCUT2D eigenvalue weighted by Gasteiger charge is -2.46. The molecule has 0 radical (unpaired) electrons. The molecule has 0 bridgehead atoms. The number of aryl methyl sites for hydroxylation is 1. The predicted molar refractivity (Wildman–Crippen MR) is 216 cm³/mol. The van der Waals surface area contributed by atoms with Crippen molar-refractivity contribution in [1.82, 2.24) is 19.6 Å². The zero-order valence-corrected chi connectivity index (χ0v) is 33.9. The van der Waals surface area contributed by atoms with Crippen molar-refractivity contribution in [3.8, 4) is 0 Å². The number of carbonyl (C=O) groups excluding carboxylic acids is 1. The quantitative estimate of drug-likeness (QED) is 0.182. The predicted octanol–water partition coefficient (Wildman–Crippen LogP) is 9.20. The summed E-state index contributed by atoms with van der Waals surface area (Å²) in [6.07, 6.45) is 6.68. The fourth-order valence-corrected chi connectivity index (χ4v) is 8.18. The number of aliphatic hydroxyl groups is 1. The molecule has 0 spiro atoms. The van der Waals surface area contributed by atoms with Crippen LogP contribution >= 0.6 is 23.4 Å². The monoisotopic (exact) mass is 734 g/mol. The lowest BCUT2D eigenvalue weighted by Crippen LogP contribution is -2.59. The third kappa shape index (κ3) is 11.1. The average molecular weight is 735 g/mol. The van der Waals surface area contributed by atoms with Crippen molar-refractivity contribution >= 4 is 41.0 Å². The Labute approximate surface area is 316 Å². The molecule has 0 atom stereocenters. The van der Waals surface area contributed by atoms with E-state index in [9.17, 15) is 4.79 Å². The number of ether oxygens (including phenoxy) is 1. The molecule has 9 heteroatoms. The Bertz CT molecular complexity index is 1670. The summed E-state index contributed by atoms with van der Waals surface area (Å²) in [6.45, 7) is 27.2. The summed E-state index contributed by atoms with van der Waals surface area (Å²) in [5, 5.41) is 14.3. The van der Waals surface area contributed by atoms with Crippen LogP contribution in [0.5, 0.6) is 0 Å². The number of hydrogen-bond donors (Lipinski definition) is 1. The van der Waals surface area contributed by atoms with Gasteiger partial charge in [-0.15, -0.1) is 0 Å². The fraction of sp³-hybridized carbons (Fsp3) is 0.524. The summed E-state index contributed by atoms with van der Waals surface area (Å²) in [6, 6.07) is 8.53. The maximum Gasteiger partial charge on any atom is 0.310 e. The van der Waals surface area contributed by atoms with Gasteiger partial charge in [0.15, 0.2) is 0 Å². The molecule has 0 saturated carbocycles. The van der Waals surface area contributed by atoms with E-state index in [4.69, 9.17) is 26.5 Å². The fourth-order valence-electron chi connectivity index (χ4n) is 6.97. The van der Waals surface area contributed by atoms with E-state index in [0.29, 0.717) is 23.6 Å². The number of allylic oxidation sites excluding steroid dienone is 4. The number of benzene rings is 1. The van der Waals surface area contributed by atoms with Crippen LogP contribution in [0.2, 0.25) is 5.02 Å². The highest BCUT2D eigenvalue weighted by Gasteiger charge is 2.34. The van der Waals surface area contributed by atoms with Crippen molar-refractivity contribution in [2.45, 2.75) is 98.1 Å². The van der Waals surface area contributed by atoms with Gasteiger partial charge in [0.1, 0.15) is 0 Å². The van der Waals surface area contributed by atoms with Crippen molar-refractivity contribution in [2.75, 3.05) is 39.8 Å². The molecule has 1 N–H and O–H groups in total. The average Bonchev–Trinajstić information content (AvgIpc) is 3.37. The van der Waals surface area contributed by atoms with Crippen LogP contribution in [-0.2, 0) is 23.0 Å². The molecule has 1 aromatic carbocycles. The van der Waals surface area contributed by atoms with E-state index in [-0.39, 0.29) is 12.4 Å². The highest BCUT2D eigenvalue weighted by atomic mass is 35.5. The van der Waals surface area contributed by atoms with Crippen LogP contribution in [0.3, 0.4) is 0 Å². The van der Waals surface area contributed by atoms with E-state index in [1.807, 2.05) is 38.1 Å². The second-order valence-corrected chi connectivity index (χ2v) is 16.9. The molecule has 2 aromatic rings. The zero-order chi connectivity index (χ0) is 37.6. The smallest absolute Gasteiger partial charge is 0.310 e. The van der Waals surface area contributed by atoms with Crippen LogP contribution in [0.1, 0.15) is 103 Å². The Morgan fingerprint density at radius 2 is 1.67 bits per heavy atom. The minimum atomic E-state index is -0.500. The van der Waals surface area contributed by atoms with E-state index >= 15 is 0 Å². The number of aromatic nitrogens is 2. The number of fused-ring (bicyclic) bond motifs is 1. The van der Waals surface area contributed by atoms with Crippen LogP contribution in [0, 0.1) is 0 Å². The van der Waals surface area contributed by atoms with E-state index in [1.165, 1.54) is 35.6 Å². The summed E-state index contributed by atoms with van der Waals surface area (Å²) in [4.78, 5) is 20.0. The molecule has 51 heavy (non-hydrogen) atoms. The lowest BCUT2D eigenvalue weighted by molar-refractivity contribution is -0.142. The number of nitrogens with zero attached hydrogens (tertiary/aromatic N) is 4. The number of piperidine rings is 1. The normalized spacial score (nSPS) is 17.7. The number of halogens is 1. The molecular formula is C42H59ClN4O3S.